The van der Waals surface area contributed by atoms with Crippen molar-refractivity contribution in [2.24, 2.45) is 7.05 Å². The zero-order valence-electron chi connectivity index (χ0n) is 10.7. The van der Waals surface area contributed by atoms with E-state index in [-0.39, 0.29) is 0 Å². The average Bonchev–Trinajstić information content (AvgIpc) is 2.88. The van der Waals surface area contributed by atoms with Gasteiger partial charge in [-0.25, -0.2) is 0 Å². The van der Waals surface area contributed by atoms with Gasteiger partial charge in [0.2, 0.25) is 0 Å². The number of benzene rings is 1. The number of rotatable bonds is 2. The minimum absolute atomic E-state index is 0.856. The van der Waals surface area contributed by atoms with E-state index < -0.39 is 0 Å². The van der Waals surface area contributed by atoms with Crippen LogP contribution in [0.3, 0.4) is 0 Å². The molecule has 0 saturated carbocycles. The van der Waals surface area contributed by atoms with Crippen LogP contribution >= 0.6 is 15.9 Å². The molecule has 1 aromatic heterocycles. The molecule has 0 N–H and O–H groups in total. The van der Waals surface area contributed by atoms with Crippen LogP contribution in [0.15, 0.2) is 24.3 Å². The van der Waals surface area contributed by atoms with Gasteiger partial charge in [-0.2, -0.15) is 5.10 Å². The lowest BCUT2D eigenvalue weighted by atomic mass is 10.1. The van der Waals surface area contributed by atoms with E-state index in [2.05, 4.69) is 57.1 Å². The summed E-state index contributed by atoms with van der Waals surface area (Å²) in [5.41, 5.74) is 5.26. The number of hydrogen-bond acceptors (Lipinski definition) is 2. The number of aryl methyl sites for hydroxylation is 2. The highest BCUT2D eigenvalue weighted by atomic mass is 79.9. The molecule has 0 aliphatic carbocycles. The first kappa shape index (κ1) is 11.8. The predicted molar refractivity (Wildman–Crippen MR) is 76.9 cm³/mol. The first-order chi connectivity index (χ1) is 8.70. The Hall–Kier alpha value is -1.29. The van der Waals surface area contributed by atoms with Gasteiger partial charge in [0.15, 0.2) is 0 Å². The van der Waals surface area contributed by atoms with Crippen LogP contribution < -0.4 is 4.90 Å². The molecule has 1 aliphatic rings. The van der Waals surface area contributed by atoms with Crippen molar-refractivity contribution in [3.05, 3.63) is 46.6 Å². The molecule has 1 aromatic carbocycles. The zero-order valence-corrected chi connectivity index (χ0v) is 12.2. The number of fused-ring (bicyclic) bond motifs is 1. The van der Waals surface area contributed by atoms with E-state index >= 15 is 0 Å². The summed E-state index contributed by atoms with van der Waals surface area (Å²) in [6.07, 6.45) is 0. The fourth-order valence-corrected chi connectivity index (χ4v) is 3.38. The molecule has 1 aliphatic heterocycles. The van der Waals surface area contributed by atoms with Crippen molar-refractivity contribution in [2.45, 2.75) is 25.3 Å². The number of nitrogens with zero attached hydrogens (tertiary/aromatic N) is 3. The molecular weight excluding hydrogens is 290 g/mol. The summed E-state index contributed by atoms with van der Waals surface area (Å²) >= 11 is 3.57. The molecule has 0 spiro atoms. The van der Waals surface area contributed by atoms with E-state index in [1.54, 1.807) is 0 Å². The number of hydrogen-bond donors (Lipinski definition) is 0. The van der Waals surface area contributed by atoms with E-state index in [0.717, 1.165) is 24.1 Å². The third kappa shape index (κ3) is 1.75. The maximum atomic E-state index is 4.53. The van der Waals surface area contributed by atoms with Crippen LogP contribution in [0.2, 0.25) is 0 Å². The van der Waals surface area contributed by atoms with Gasteiger partial charge in [0, 0.05) is 31.0 Å². The second kappa shape index (κ2) is 4.43. The molecule has 0 bridgehead atoms. The lowest BCUT2D eigenvalue weighted by Gasteiger charge is -2.19. The van der Waals surface area contributed by atoms with Crippen LogP contribution in [0.1, 0.15) is 22.4 Å². The number of alkyl halides is 1. The molecular formula is C14H16BrN3. The molecule has 2 aromatic rings. The Morgan fingerprint density at radius 1 is 1.22 bits per heavy atom. The van der Waals surface area contributed by atoms with Gasteiger partial charge in [0.1, 0.15) is 5.82 Å². The van der Waals surface area contributed by atoms with Gasteiger partial charge in [-0.15, -0.1) is 0 Å². The Bertz CT molecular complexity index is 564. The van der Waals surface area contributed by atoms with Gasteiger partial charge < -0.3 is 4.90 Å². The lowest BCUT2D eigenvalue weighted by molar-refractivity contribution is 0.714. The van der Waals surface area contributed by atoms with Gasteiger partial charge in [0.25, 0.3) is 0 Å². The summed E-state index contributed by atoms with van der Waals surface area (Å²) in [6, 6.07) is 8.66. The Morgan fingerprint density at radius 2 is 1.83 bits per heavy atom. The van der Waals surface area contributed by atoms with Crippen LogP contribution in [0.4, 0.5) is 5.82 Å². The Labute approximate surface area is 116 Å². The predicted octanol–water partition coefficient (Wildman–Crippen LogP) is 3.14. The van der Waals surface area contributed by atoms with Crippen molar-refractivity contribution in [2.75, 3.05) is 4.90 Å². The van der Waals surface area contributed by atoms with Crippen LogP contribution in [0.25, 0.3) is 0 Å². The van der Waals surface area contributed by atoms with Crippen molar-refractivity contribution in [3.8, 4) is 0 Å². The Kier molecular flexibility index (Phi) is 2.90. The molecule has 4 heteroatoms. The van der Waals surface area contributed by atoms with E-state index in [1.807, 2.05) is 11.7 Å². The van der Waals surface area contributed by atoms with Gasteiger partial charge in [-0.1, -0.05) is 40.2 Å². The standard InChI is InChI=1S/C14H16BrN3/c1-10-13(7-15)14(17(2)16-10)18-8-11-5-3-4-6-12(11)9-18/h3-6H,7-9H2,1-2H3. The van der Waals surface area contributed by atoms with Gasteiger partial charge in [0.05, 0.1) is 5.69 Å². The van der Waals surface area contributed by atoms with E-state index in [0.29, 0.717) is 0 Å². The van der Waals surface area contributed by atoms with E-state index in [4.69, 9.17) is 0 Å². The molecule has 0 saturated heterocycles. The van der Waals surface area contributed by atoms with Crippen LogP contribution in [0, 0.1) is 6.92 Å². The maximum absolute atomic E-state index is 4.53. The number of halogens is 1. The molecule has 0 fully saturated rings. The number of aromatic nitrogens is 2. The summed E-state index contributed by atoms with van der Waals surface area (Å²) in [7, 11) is 2.03. The molecule has 2 heterocycles. The smallest absolute Gasteiger partial charge is 0.131 e. The van der Waals surface area contributed by atoms with Crippen LogP contribution in [-0.4, -0.2) is 9.78 Å². The quantitative estimate of drug-likeness (QED) is 0.795. The normalized spacial score (nSPS) is 14.1. The van der Waals surface area contributed by atoms with Crippen molar-refractivity contribution >= 4 is 21.7 Å². The van der Waals surface area contributed by atoms with Gasteiger partial charge in [-0.3, -0.25) is 4.68 Å². The molecule has 0 radical (unpaired) electrons. The van der Waals surface area contributed by atoms with Crippen LogP contribution in [-0.2, 0) is 25.5 Å². The first-order valence-corrected chi connectivity index (χ1v) is 7.23. The highest BCUT2D eigenvalue weighted by Crippen LogP contribution is 2.32. The largest absolute Gasteiger partial charge is 0.348 e. The average molecular weight is 306 g/mol. The van der Waals surface area contributed by atoms with Crippen molar-refractivity contribution < 1.29 is 0 Å². The molecule has 0 amide bonds. The third-order valence-electron chi connectivity index (χ3n) is 3.59. The molecule has 3 nitrogen and oxygen atoms in total. The molecule has 0 atom stereocenters. The highest BCUT2D eigenvalue weighted by molar-refractivity contribution is 9.08. The minimum atomic E-state index is 0.856. The maximum Gasteiger partial charge on any atom is 0.131 e. The molecule has 18 heavy (non-hydrogen) atoms. The second-order valence-electron chi connectivity index (χ2n) is 4.77. The fourth-order valence-electron chi connectivity index (χ4n) is 2.72. The summed E-state index contributed by atoms with van der Waals surface area (Å²) in [5, 5.41) is 5.39. The molecule has 94 valence electrons. The van der Waals surface area contributed by atoms with Crippen molar-refractivity contribution in [1.82, 2.24) is 9.78 Å². The van der Waals surface area contributed by atoms with Crippen molar-refractivity contribution in [1.29, 1.82) is 0 Å². The summed E-state index contributed by atoms with van der Waals surface area (Å²) in [6.45, 7) is 4.04. The monoisotopic (exact) mass is 305 g/mol. The van der Waals surface area contributed by atoms with E-state index in [1.165, 1.54) is 22.5 Å². The number of anilines is 1. The summed E-state index contributed by atoms with van der Waals surface area (Å²) < 4.78 is 2.00. The van der Waals surface area contributed by atoms with Crippen LogP contribution in [0.5, 0.6) is 0 Å². The van der Waals surface area contributed by atoms with Gasteiger partial charge >= 0.3 is 0 Å². The molecule has 3 rings (SSSR count). The first-order valence-electron chi connectivity index (χ1n) is 6.11. The lowest BCUT2D eigenvalue weighted by Crippen LogP contribution is -2.19. The summed E-state index contributed by atoms with van der Waals surface area (Å²) in [5.74, 6) is 1.24. The van der Waals surface area contributed by atoms with E-state index in [9.17, 15) is 0 Å². The fraction of sp³-hybridized carbons (Fsp3) is 0.357. The second-order valence-corrected chi connectivity index (χ2v) is 5.33. The SMILES string of the molecule is Cc1nn(C)c(N2Cc3ccccc3C2)c1CBr. The minimum Gasteiger partial charge on any atom is -0.348 e. The Balaban J connectivity index is 2.00. The zero-order chi connectivity index (χ0) is 12.7. The summed E-state index contributed by atoms with van der Waals surface area (Å²) in [4.78, 5) is 2.40. The highest BCUT2D eigenvalue weighted by Gasteiger charge is 2.24. The Morgan fingerprint density at radius 3 is 2.39 bits per heavy atom. The molecule has 0 unspecified atom stereocenters. The van der Waals surface area contributed by atoms with Crippen molar-refractivity contribution in [3.63, 3.8) is 0 Å². The topological polar surface area (TPSA) is 21.1 Å². The third-order valence-corrected chi connectivity index (χ3v) is 4.15. The van der Waals surface area contributed by atoms with Gasteiger partial charge in [-0.05, 0) is 18.1 Å².